The Bertz CT molecular complexity index is 589. The molecule has 0 saturated carbocycles. The summed E-state index contributed by atoms with van der Waals surface area (Å²) in [6, 6.07) is 0.562. The molecule has 1 atom stereocenters. The van der Waals surface area contributed by atoms with Crippen molar-refractivity contribution in [3.8, 4) is 0 Å². The van der Waals surface area contributed by atoms with Crippen LogP contribution in [0.4, 0.5) is 13.2 Å². The first-order valence-electron chi connectivity index (χ1n) is 6.25. The predicted molar refractivity (Wildman–Crippen MR) is 71.6 cm³/mol. The van der Waals surface area contributed by atoms with Gasteiger partial charge in [-0.25, -0.2) is 26.3 Å². The van der Waals surface area contributed by atoms with E-state index < -0.39 is 45.0 Å². The van der Waals surface area contributed by atoms with Crippen LogP contribution in [-0.4, -0.2) is 26.2 Å². The summed E-state index contributed by atoms with van der Waals surface area (Å²) in [5.41, 5.74) is -0.239. The Kier molecular flexibility index (Phi) is 5.40. The first-order valence-corrected chi connectivity index (χ1v) is 7.73. The molecule has 0 spiro atoms. The Labute approximate surface area is 122 Å². The molecule has 1 aromatic carbocycles. The average Bonchev–Trinajstić information content (AvgIpc) is 2.22. The molecule has 120 valence electrons. The first kappa shape index (κ1) is 17.9. The van der Waals surface area contributed by atoms with Gasteiger partial charge in [0, 0.05) is 18.7 Å². The fraction of sp³-hybridized carbons (Fsp3) is 0.538. The van der Waals surface area contributed by atoms with E-state index in [1.54, 1.807) is 0 Å². The van der Waals surface area contributed by atoms with Crippen LogP contribution < -0.4 is 4.72 Å². The Morgan fingerprint density at radius 1 is 1.19 bits per heavy atom. The van der Waals surface area contributed by atoms with Gasteiger partial charge in [0.1, 0.15) is 17.5 Å². The third kappa shape index (κ3) is 5.29. The van der Waals surface area contributed by atoms with E-state index >= 15 is 0 Å². The van der Waals surface area contributed by atoms with Gasteiger partial charge in [0.25, 0.3) is 0 Å². The second kappa shape index (κ2) is 6.33. The minimum atomic E-state index is -4.52. The minimum absolute atomic E-state index is 0.239. The largest absolute Gasteiger partial charge is 0.392 e. The van der Waals surface area contributed by atoms with E-state index in [0.29, 0.717) is 6.42 Å². The average molecular weight is 325 g/mol. The van der Waals surface area contributed by atoms with Gasteiger partial charge in [-0.1, -0.05) is 20.8 Å². The molecular weight excluding hydrogens is 307 g/mol. The molecule has 0 bridgehead atoms. The van der Waals surface area contributed by atoms with Gasteiger partial charge in [0.2, 0.25) is 10.0 Å². The summed E-state index contributed by atoms with van der Waals surface area (Å²) in [5, 5.41) is 9.70. The number of nitrogens with one attached hydrogen (secondary N) is 1. The molecule has 1 rings (SSSR count). The van der Waals surface area contributed by atoms with Crippen molar-refractivity contribution in [1.29, 1.82) is 0 Å². The monoisotopic (exact) mass is 325 g/mol. The molecule has 0 fully saturated rings. The molecule has 1 aromatic rings. The van der Waals surface area contributed by atoms with Crippen molar-refractivity contribution in [3.05, 3.63) is 29.6 Å². The Morgan fingerprint density at radius 2 is 1.67 bits per heavy atom. The van der Waals surface area contributed by atoms with Crippen LogP contribution in [0, 0.1) is 22.9 Å². The van der Waals surface area contributed by atoms with Crippen LogP contribution in [-0.2, 0) is 10.0 Å². The highest BCUT2D eigenvalue weighted by molar-refractivity contribution is 7.89. The lowest BCUT2D eigenvalue weighted by molar-refractivity contribution is 0.125. The summed E-state index contributed by atoms with van der Waals surface area (Å²) in [4.78, 5) is -1.26. The third-order valence-corrected chi connectivity index (χ3v) is 4.06. The number of aliphatic hydroxyl groups is 1. The molecule has 0 saturated heterocycles. The van der Waals surface area contributed by atoms with Crippen LogP contribution in [0.3, 0.4) is 0 Å². The maximum Gasteiger partial charge on any atom is 0.246 e. The molecule has 8 heteroatoms. The van der Waals surface area contributed by atoms with Crippen molar-refractivity contribution < 1.29 is 26.7 Å². The standard InChI is InChI=1S/C13H18F3NO3S/c1-13(2,3)6-9(18)7-17-21(19,20)12-10(15)4-8(14)5-11(12)16/h4-5,9,17-18H,6-7H2,1-3H3. The van der Waals surface area contributed by atoms with Gasteiger partial charge in [0.15, 0.2) is 4.90 Å². The minimum Gasteiger partial charge on any atom is -0.392 e. The maximum absolute atomic E-state index is 13.4. The number of aliphatic hydroxyl groups excluding tert-OH is 1. The van der Waals surface area contributed by atoms with Gasteiger partial charge in [-0.2, -0.15) is 0 Å². The van der Waals surface area contributed by atoms with E-state index in [9.17, 15) is 26.7 Å². The molecule has 0 aliphatic heterocycles. The Hall–Kier alpha value is -1.12. The van der Waals surface area contributed by atoms with Crippen LogP contribution in [0.25, 0.3) is 0 Å². The van der Waals surface area contributed by atoms with Crippen molar-refractivity contribution in [3.63, 3.8) is 0 Å². The van der Waals surface area contributed by atoms with Gasteiger partial charge >= 0.3 is 0 Å². The number of benzene rings is 1. The Morgan fingerprint density at radius 3 is 2.10 bits per heavy atom. The summed E-state index contributed by atoms with van der Waals surface area (Å²) >= 11 is 0. The zero-order chi connectivity index (χ0) is 16.4. The molecule has 0 aliphatic carbocycles. The predicted octanol–water partition coefficient (Wildman–Crippen LogP) is 2.18. The smallest absolute Gasteiger partial charge is 0.246 e. The van der Waals surface area contributed by atoms with Crippen LogP contribution in [0.15, 0.2) is 17.0 Å². The lowest BCUT2D eigenvalue weighted by atomic mass is 9.89. The van der Waals surface area contributed by atoms with E-state index in [1.807, 2.05) is 25.5 Å². The lowest BCUT2D eigenvalue weighted by Gasteiger charge is -2.22. The molecule has 2 N–H and O–H groups in total. The Balaban J connectivity index is 2.89. The van der Waals surface area contributed by atoms with Crippen molar-refractivity contribution in [2.24, 2.45) is 5.41 Å². The molecular formula is C13H18F3NO3S. The zero-order valence-electron chi connectivity index (χ0n) is 12.0. The fourth-order valence-corrected chi connectivity index (χ4v) is 3.03. The van der Waals surface area contributed by atoms with Crippen molar-refractivity contribution in [1.82, 2.24) is 4.72 Å². The SMILES string of the molecule is CC(C)(C)CC(O)CNS(=O)(=O)c1c(F)cc(F)cc1F. The van der Waals surface area contributed by atoms with Crippen LogP contribution in [0.5, 0.6) is 0 Å². The highest BCUT2D eigenvalue weighted by Crippen LogP contribution is 2.22. The van der Waals surface area contributed by atoms with Crippen LogP contribution in [0.2, 0.25) is 0 Å². The molecule has 0 radical (unpaired) electrons. The van der Waals surface area contributed by atoms with Gasteiger partial charge in [-0.15, -0.1) is 0 Å². The maximum atomic E-state index is 13.4. The van der Waals surface area contributed by atoms with Crippen molar-refractivity contribution in [2.45, 2.75) is 38.2 Å². The number of rotatable bonds is 5. The van der Waals surface area contributed by atoms with E-state index in [0.717, 1.165) is 0 Å². The number of sulfonamides is 1. The van der Waals surface area contributed by atoms with Crippen molar-refractivity contribution >= 4 is 10.0 Å². The second-order valence-electron chi connectivity index (χ2n) is 5.97. The van der Waals surface area contributed by atoms with Crippen LogP contribution >= 0.6 is 0 Å². The van der Waals surface area contributed by atoms with E-state index in [1.165, 1.54) is 0 Å². The van der Waals surface area contributed by atoms with E-state index in [2.05, 4.69) is 0 Å². The summed E-state index contributed by atoms with van der Waals surface area (Å²) in [5.74, 6) is -4.26. The van der Waals surface area contributed by atoms with Gasteiger partial charge in [0.05, 0.1) is 6.10 Å². The van der Waals surface area contributed by atoms with E-state index in [4.69, 9.17) is 0 Å². The second-order valence-corrected chi connectivity index (χ2v) is 7.67. The van der Waals surface area contributed by atoms with E-state index in [-0.39, 0.29) is 17.5 Å². The summed E-state index contributed by atoms with van der Waals surface area (Å²) < 4.78 is 65.2. The highest BCUT2D eigenvalue weighted by atomic mass is 32.2. The lowest BCUT2D eigenvalue weighted by Crippen LogP contribution is -2.35. The molecule has 1 unspecified atom stereocenters. The van der Waals surface area contributed by atoms with Gasteiger partial charge in [-0.3, -0.25) is 0 Å². The molecule has 0 aliphatic rings. The summed E-state index contributed by atoms with van der Waals surface area (Å²) in [6.07, 6.45) is -0.712. The van der Waals surface area contributed by atoms with Crippen molar-refractivity contribution in [2.75, 3.05) is 6.54 Å². The van der Waals surface area contributed by atoms with Gasteiger partial charge < -0.3 is 5.11 Å². The summed E-state index contributed by atoms with van der Waals surface area (Å²) in [7, 11) is -4.52. The molecule has 4 nitrogen and oxygen atoms in total. The number of hydrogen-bond acceptors (Lipinski definition) is 3. The fourth-order valence-electron chi connectivity index (χ4n) is 1.84. The topological polar surface area (TPSA) is 66.4 Å². The molecule has 0 aromatic heterocycles. The van der Waals surface area contributed by atoms with Gasteiger partial charge in [-0.05, 0) is 11.8 Å². The molecule has 0 heterocycles. The van der Waals surface area contributed by atoms with Crippen LogP contribution in [0.1, 0.15) is 27.2 Å². The quantitative estimate of drug-likeness (QED) is 0.872. The normalized spacial score (nSPS) is 14.2. The number of halogens is 3. The zero-order valence-corrected chi connectivity index (χ0v) is 12.8. The third-order valence-electron chi connectivity index (χ3n) is 2.59. The molecule has 0 amide bonds. The molecule has 21 heavy (non-hydrogen) atoms. The highest BCUT2D eigenvalue weighted by Gasteiger charge is 2.26. The summed E-state index contributed by atoms with van der Waals surface area (Å²) in [6.45, 7) is 5.16. The first-order chi connectivity index (χ1) is 9.42. The number of hydrogen-bond donors (Lipinski definition) is 2.